The Balaban J connectivity index is 1.65. The van der Waals surface area contributed by atoms with Gasteiger partial charge in [-0.3, -0.25) is 4.90 Å². The summed E-state index contributed by atoms with van der Waals surface area (Å²) in [5, 5.41) is 0. The number of carbonyl (C=O) groups excluding carboxylic acids is 1. The molecule has 1 unspecified atom stereocenters. The molecule has 1 saturated heterocycles. The number of hydrogen-bond acceptors (Lipinski definition) is 4. The molecule has 5 heteroatoms. The van der Waals surface area contributed by atoms with Crippen LogP contribution in [0, 0.1) is 17.7 Å². The van der Waals surface area contributed by atoms with E-state index < -0.39 is 11.8 Å². The summed E-state index contributed by atoms with van der Waals surface area (Å²) in [6.45, 7) is 4.13. The zero-order chi connectivity index (χ0) is 16.2. The molecule has 126 valence electrons. The van der Waals surface area contributed by atoms with Gasteiger partial charge < -0.3 is 9.47 Å². The third-order valence-corrected chi connectivity index (χ3v) is 5.04. The van der Waals surface area contributed by atoms with Crippen molar-refractivity contribution < 1.29 is 18.7 Å². The van der Waals surface area contributed by atoms with E-state index in [4.69, 9.17) is 4.74 Å². The van der Waals surface area contributed by atoms with Gasteiger partial charge in [0, 0.05) is 19.6 Å². The van der Waals surface area contributed by atoms with Crippen LogP contribution in [-0.2, 0) is 16.0 Å². The van der Waals surface area contributed by atoms with Gasteiger partial charge in [0.1, 0.15) is 5.82 Å². The van der Waals surface area contributed by atoms with E-state index in [0.29, 0.717) is 12.5 Å². The average Bonchev–Trinajstić information content (AvgIpc) is 2.70. The summed E-state index contributed by atoms with van der Waals surface area (Å²) in [6.07, 6.45) is 3.95. The highest BCUT2D eigenvalue weighted by Gasteiger charge is 2.30. The molecule has 4 nitrogen and oxygen atoms in total. The number of ether oxygens (including phenoxy) is 2. The molecule has 1 heterocycles. The van der Waals surface area contributed by atoms with E-state index in [0.717, 1.165) is 37.8 Å². The fraction of sp³-hybridized carbons (Fsp3) is 0.611. The first-order valence-electron chi connectivity index (χ1n) is 8.34. The molecule has 1 saturated carbocycles. The van der Waals surface area contributed by atoms with Crippen LogP contribution in [0.2, 0.25) is 0 Å². The number of halogens is 1. The van der Waals surface area contributed by atoms with Gasteiger partial charge in [-0.1, -0.05) is 25.3 Å². The highest BCUT2D eigenvalue weighted by molar-refractivity contribution is 5.89. The molecule has 2 fully saturated rings. The second-order valence-corrected chi connectivity index (χ2v) is 6.57. The Labute approximate surface area is 136 Å². The van der Waals surface area contributed by atoms with Crippen LogP contribution in [0.5, 0.6) is 0 Å². The van der Waals surface area contributed by atoms with E-state index in [2.05, 4.69) is 9.64 Å². The molecule has 0 spiro atoms. The lowest BCUT2D eigenvalue weighted by Crippen LogP contribution is -2.35. The van der Waals surface area contributed by atoms with E-state index in [1.54, 1.807) is 6.07 Å². The Morgan fingerprint density at radius 2 is 2.22 bits per heavy atom. The summed E-state index contributed by atoms with van der Waals surface area (Å²) in [5.74, 6) is 0.220. The largest absolute Gasteiger partial charge is 0.465 e. The van der Waals surface area contributed by atoms with Gasteiger partial charge in [-0.15, -0.1) is 0 Å². The van der Waals surface area contributed by atoms with Crippen LogP contribution in [-0.4, -0.2) is 44.3 Å². The van der Waals surface area contributed by atoms with Crippen molar-refractivity contribution in [1.82, 2.24) is 4.90 Å². The van der Waals surface area contributed by atoms with E-state index in [1.807, 2.05) is 0 Å². The molecule has 0 N–H and O–H groups in total. The van der Waals surface area contributed by atoms with Crippen LogP contribution in [0.4, 0.5) is 4.39 Å². The molecular weight excluding hydrogens is 297 g/mol. The summed E-state index contributed by atoms with van der Waals surface area (Å²) in [4.78, 5) is 13.8. The first kappa shape index (κ1) is 16.4. The SMILES string of the molecule is COC(=O)c1ccc(CN2CCOCC(C3CCC3)C2)cc1F. The minimum Gasteiger partial charge on any atom is -0.465 e. The fourth-order valence-corrected chi connectivity index (χ4v) is 3.43. The van der Waals surface area contributed by atoms with Crippen LogP contribution >= 0.6 is 0 Å². The summed E-state index contributed by atoms with van der Waals surface area (Å²) >= 11 is 0. The zero-order valence-electron chi connectivity index (χ0n) is 13.6. The maximum Gasteiger partial charge on any atom is 0.340 e. The van der Waals surface area contributed by atoms with Crippen LogP contribution in [0.25, 0.3) is 0 Å². The van der Waals surface area contributed by atoms with Crippen molar-refractivity contribution >= 4 is 5.97 Å². The summed E-state index contributed by atoms with van der Waals surface area (Å²) in [5.41, 5.74) is 0.868. The van der Waals surface area contributed by atoms with Gasteiger partial charge in [0.25, 0.3) is 0 Å². The molecule has 2 aliphatic rings. The van der Waals surface area contributed by atoms with Crippen LogP contribution in [0.15, 0.2) is 18.2 Å². The molecule has 1 aliphatic heterocycles. The van der Waals surface area contributed by atoms with E-state index in [-0.39, 0.29) is 5.56 Å². The summed E-state index contributed by atoms with van der Waals surface area (Å²) in [6, 6.07) is 4.75. The van der Waals surface area contributed by atoms with Gasteiger partial charge in [0.2, 0.25) is 0 Å². The summed E-state index contributed by atoms with van der Waals surface area (Å²) in [7, 11) is 1.26. The van der Waals surface area contributed by atoms with Gasteiger partial charge in [0.05, 0.1) is 25.9 Å². The second-order valence-electron chi connectivity index (χ2n) is 6.57. The molecule has 1 aliphatic carbocycles. The number of rotatable bonds is 4. The third kappa shape index (κ3) is 3.90. The predicted molar refractivity (Wildman–Crippen MR) is 84.7 cm³/mol. The van der Waals surface area contributed by atoms with Crippen LogP contribution < -0.4 is 0 Å². The Kier molecular flexibility index (Phi) is 5.28. The summed E-state index contributed by atoms with van der Waals surface area (Å²) < 4.78 is 24.4. The first-order valence-corrected chi connectivity index (χ1v) is 8.34. The van der Waals surface area contributed by atoms with Crippen molar-refractivity contribution in [1.29, 1.82) is 0 Å². The van der Waals surface area contributed by atoms with Crippen molar-refractivity contribution in [2.24, 2.45) is 11.8 Å². The Bertz CT molecular complexity index is 559. The molecule has 1 atom stereocenters. The molecule has 1 aromatic rings. The van der Waals surface area contributed by atoms with E-state index in [9.17, 15) is 9.18 Å². The highest BCUT2D eigenvalue weighted by Crippen LogP contribution is 2.35. The number of methoxy groups -OCH3 is 1. The van der Waals surface area contributed by atoms with Gasteiger partial charge in [-0.05, 0) is 29.5 Å². The Hall–Kier alpha value is -1.46. The van der Waals surface area contributed by atoms with Crippen molar-refractivity contribution in [2.75, 3.05) is 33.4 Å². The van der Waals surface area contributed by atoms with Crippen molar-refractivity contribution in [3.63, 3.8) is 0 Å². The molecule has 0 radical (unpaired) electrons. The lowest BCUT2D eigenvalue weighted by atomic mass is 9.76. The van der Waals surface area contributed by atoms with Crippen LogP contribution in [0.1, 0.15) is 35.2 Å². The monoisotopic (exact) mass is 321 g/mol. The first-order chi connectivity index (χ1) is 11.2. The predicted octanol–water partition coefficient (Wildman–Crippen LogP) is 2.86. The fourth-order valence-electron chi connectivity index (χ4n) is 3.43. The minimum absolute atomic E-state index is 0.0113. The molecule has 0 bridgehead atoms. The highest BCUT2D eigenvalue weighted by atomic mass is 19.1. The molecule has 23 heavy (non-hydrogen) atoms. The standard InChI is InChI=1S/C18H24FNO3/c1-22-18(21)16-6-5-13(9-17(16)19)10-20-7-8-23-12-15(11-20)14-3-2-4-14/h5-6,9,14-15H,2-4,7-8,10-12H2,1H3. The van der Waals surface area contributed by atoms with Gasteiger partial charge in [-0.25, -0.2) is 9.18 Å². The number of esters is 1. The zero-order valence-corrected chi connectivity index (χ0v) is 13.6. The van der Waals surface area contributed by atoms with Crippen molar-refractivity contribution in [3.8, 4) is 0 Å². The van der Waals surface area contributed by atoms with E-state index >= 15 is 0 Å². The van der Waals surface area contributed by atoms with Gasteiger partial charge in [-0.2, -0.15) is 0 Å². The second kappa shape index (κ2) is 7.41. The van der Waals surface area contributed by atoms with Crippen LogP contribution in [0.3, 0.4) is 0 Å². The number of carbonyl (C=O) groups is 1. The molecule has 3 rings (SSSR count). The Morgan fingerprint density at radius 3 is 2.87 bits per heavy atom. The number of nitrogens with zero attached hydrogens (tertiary/aromatic N) is 1. The molecule has 0 aromatic heterocycles. The number of hydrogen-bond donors (Lipinski definition) is 0. The maximum atomic E-state index is 14.0. The van der Waals surface area contributed by atoms with Gasteiger partial charge >= 0.3 is 5.97 Å². The van der Waals surface area contributed by atoms with Gasteiger partial charge in [0.15, 0.2) is 0 Å². The quantitative estimate of drug-likeness (QED) is 0.800. The van der Waals surface area contributed by atoms with Crippen molar-refractivity contribution in [3.05, 3.63) is 35.1 Å². The van der Waals surface area contributed by atoms with E-state index in [1.165, 1.54) is 38.5 Å². The lowest BCUT2D eigenvalue weighted by Gasteiger charge is -2.35. The molecule has 0 amide bonds. The third-order valence-electron chi connectivity index (χ3n) is 5.04. The molecule has 1 aromatic carbocycles. The molecular formula is C18H24FNO3. The van der Waals surface area contributed by atoms with Crippen molar-refractivity contribution in [2.45, 2.75) is 25.8 Å². The topological polar surface area (TPSA) is 38.8 Å². The normalized spacial score (nSPS) is 23.1. The minimum atomic E-state index is -0.637. The average molecular weight is 321 g/mol. The Morgan fingerprint density at radius 1 is 1.39 bits per heavy atom. The maximum absolute atomic E-state index is 14.0. The lowest BCUT2D eigenvalue weighted by molar-refractivity contribution is 0.0595. The number of benzene rings is 1. The smallest absolute Gasteiger partial charge is 0.340 e.